The molecule has 7 heteroatoms. The van der Waals surface area contributed by atoms with Gasteiger partial charge >= 0.3 is 11.9 Å². The summed E-state index contributed by atoms with van der Waals surface area (Å²) in [7, 11) is 2.54. The summed E-state index contributed by atoms with van der Waals surface area (Å²) in [6.07, 6.45) is 10.5. The van der Waals surface area contributed by atoms with Crippen molar-refractivity contribution < 1.29 is 19.1 Å². The fraction of sp³-hybridized carbons (Fsp3) is 0.125. The van der Waals surface area contributed by atoms with Gasteiger partial charge in [0.1, 0.15) is 11.3 Å². The Bertz CT molecular complexity index is 1270. The van der Waals surface area contributed by atoms with Crippen molar-refractivity contribution >= 4 is 23.3 Å². The van der Waals surface area contributed by atoms with E-state index >= 15 is 0 Å². The average molecular weight is 415 g/mol. The first-order chi connectivity index (χ1) is 15.0. The number of hydrogen-bond acceptors (Lipinski definition) is 6. The molecule has 1 aromatic carbocycles. The maximum Gasteiger partial charge on any atom is 0.355 e. The molecule has 7 nitrogen and oxygen atoms in total. The Hall–Kier alpha value is -4.13. The number of aromatic nitrogens is 2. The van der Waals surface area contributed by atoms with Crippen LogP contribution in [0.3, 0.4) is 0 Å². The van der Waals surface area contributed by atoms with E-state index in [1.807, 2.05) is 60.1 Å². The molecule has 0 bridgehead atoms. The smallest absolute Gasteiger partial charge is 0.355 e. The molecular weight excluding hydrogens is 394 g/mol. The van der Waals surface area contributed by atoms with E-state index in [1.165, 1.54) is 20.3 Å². The van der Waals surface area contributed by atoms with E-state index in [2.05, 4.69) is 0 Å². The van der Waals surface area contributed by atoms with Gasteiger partial charge in [-0.05, 0) is 42.8 Å². The number of esters is 2. The molecule has 1 aliphatic heterocycles. The van der Waals surface area contributed by atoms with E-state index in [0.717, 1.165) is 22.5 Å². The third kappa shape index (κ3) is 3.73. The lowest BCUT2D eigenvalue weighted by molar-refractivity contribution is -0.139. The first-order valence-corrected chi connectivity index (χ1v) is 9.63. The predicted octanol–water partition coefficient (Wildman–Crippen LogP) is 3.80. The highest BCUT2D eigenvalue weighted by molar-refractivity contribution is 6.05. The Morgan fingerprint density at radius 2 is 1.81 bits per heavy atom. The number of pyridine rings is 1. The quantitative estimate of drug-likeness (QED) is 0.604. The standard InChI is InChI=1S/C24H21N3O4/c1-16-8-7-12-26-15-20(25-22(16)26)17-9-6-10-18(14-17)27-13-5-4-11-19(23(28)30-2)21(27)24(29)31-3/h4-15H,1-3H3. The van der Waals surface area contributed by atoms with E-state index < -0.39 is 11.9 Å². The number of rotatable bonds is 4. The van der Waals surface area contributed by atoms with E-state index in [9.17, 15) is 9.59 Å². The van der Waals surface area contributed by atoms with Crippen LogP contribution in [-0.4, -0.2) is 35.5 Å². The largest absolute Gasteiger partial charge is 0.465 e. The highest BCUT2D eigenvalue weighted by atomic mass is 16.5. The van der Waals surface area contributed by atoms with Gasteiger partial charge in [0.15, 0.2) is 0 Å². The fourth-order valence-corrected chi connectivity index (χ4v) is 3.47. The van der Waals surface area contributed by atoms with Gasteiger partial charge in [-0.1, -0.05) is 24.3 Å². The number of ether oxygens (including phenoxy) is 2. The number of carbonyl (C=O) groups excluding carboxylic acids is 2. The molecule has 0 saturated heterocycles. The third-order valence-corrected chi connectivity index (χ3v) is 4.99. The van der Waals surface area contributed by atoms with Crippen molar-refractivity contribution in [1.82, 2.24) is 9.38 Å². The highest BCUT2D eigenvalue weighted by Gasteiger charge is 2.27. The molecule has 3 heterocycles. The van der Waals surface area contributed by atoms with Gasteiger partial charge in [0.05, 0.1) is 25.5 Å². The Kier molecular flexibility index (Phi) is 5.41. The van der Waals surface area contributed by atoms with Crippen LogP contribution in [0.1, 0.15) is 5.56 Å². The van der Waals surface area contributed by atoms with E-state index in [0.29, 0.717) is 5.69 Å². The number of fused-ring (bicyclic) bond motifs is 1. The Balaban J connectivity index is 1.83. The minimum atomic E-state index is -0.648. The summed E-state index contributed by atoms with van der Waals surface area (Å²) in [5, 5.41) is 0. The number of nitrogens with zero attached hydrogens (tertiary/aromatic N) is 3. The first-order valence-electron chi connectivity index (χ1n) is 9.63. The number of hydrogen-bond donors (Lipinski definition) is 0. The Morgan fingerprint density at radius 3 is 2.55 bits per heavy atom. The van der Waals surface area contributed by atoms with Gasteiger partial charge in [-0.15, -0.1) is 0 Å². The van der Waals surface area contributed by atoms with E-state index in [1.54, 1.807) is 23.3 Å². The van der Waals surface area contributed by atoms with Gasteiger partial charge in [-0.25, -0.2) is 14.6 Å². The highest BCUT2D eigenvalue weighted by Crippen LogP contribution is 2.30. The molecule has 31 heavy (non-hydrogen) atoms. The maximum atomic E-state index is 12.6. The van der Waals surface area contributed by atoms with Crippen LogP contribution < -0.4 is 4.90 Å². The zero-order valence-electron chi connectivity index (χ0n) is 17.4. The molecule has 3 aromatic rings. The average Bonchev–Trinajstić information content (AvgIpc) is 3.12. The van der Waals surface area contributed by atoms with Crippen LogP contribution in [0.25, 0.3) is 16.9 Å². The lowest BCUT2D eigenvalue weighted by Crippen LogP contribution is -2.26. The molecule has 0 spiro atoms. The first kappa shape index (κ1) is 20.2. The SMILES string of the molecule is COC(=O)C1=C(C(=O)OC)N(c2cccc(-c3cn4cccc(C)c4n3)c2)C=CC=C1. The van der Waals surface area contributed by atoms with Crippen LogP contribution in [0.4, 0.5) is 5.69 Å². The fourth-order valence-electron chi connectivity index (χ4n) is 3.47. The van der Waals surface area contributed by atoms with Gasteiger partial charge in [-0.3, -0.25) is 0 Å². The molecule has 0 amide bonds. The topological polar surface area (TPSA) is 73.1 Å². The van der Waals surface area contributed by atoms with Crippen molar-refractivity contribution in [2.45, 2.75) is 6.92 Å². The summed E-state index contributed by atoms with van der Waals surface area (Å²) in [4.78, 5) is 31.3. The minimum Gasteiger partial charge on any atom is -0.465 e. The van der Waals surface area contributed by atoms with Crippen LogP contribution in [0.15, 0.2) is 84.5 Å². The number of anilines is 1. The number of aryl methyl sites for hydroxylation is 1. The normalized spacial score (nSPS) is 13.5. The van der Waals surface area contributed by atoms with Crippen LogP contribution in [0.5, 0.6) is 0 Å². The van der Waals surface area contributed by atoms with Gasteiger partial charge in [0.2, 0.25) is 0 Å². The lowest BCUT2D eigenvalue weighted by atomic mass is 10.1. The second-order valence-corrected chi connectivity index (χ2v) is 6.91. The number of carbonyl (C=O) groups is 2. The van der Waals surface area contributed by atoms with Gasteiger partial charge in [0, 0.05) is 29.8 Å². The Morgan fingerprint density at radius 1 is 1.00 bits per heavy atom. The number of allylic oxidation sites excluding steroid dienone is 2. The molecule has 0 saturated carbocycles. The van der Waals surface area contributed by atoms with Gasteiger partial charge < -0.3 is 18.8 Å². The molecule has 0 fully saturated rings. The van der Waals surface area contributed by atoms with Crippen molar-refractivity contribution in [2.75, 3.05) is 19.1 Å². The Labute approximate surface area is 179 Å². The molecule has 0 N–H and O–H groups in total. The maximum absolute atomic E-state index is 12.6. The van der Waals surface area contributed by atoms with Crippen LogP contribution in [0, 0.1) is 6.92 Å². The molecule has 0 atom stereocenters. The number of imidazole rings is 1. The van der Waals surface area contributed by atoms with Crippen LogP contribution in [0.2, 0.25) is 0 Å². The monoisotopic (exact) mass is 415 g/mol. The van der Waals surface area contributed by atoms with Crippen molar-refractivity contribution in [1.29, 1.82) is 0 Å². The second kappa shape index (κ2) is 8.31. The second-order valence-electron chi connectivity index (χ2n) is 6.91. The zero-order valence-corrected chi connectivity index (χ0v) is 17.4. The van der Waals surface area contributed by atoms with Crippen molar-refractivity contribution in [3.05, 3.63) is 90.1 Å². The molecule has 0 unspecified atom stereocenters. The molecule has 4 rings (SSSR count). The minimum absolute atomic E-state index is 0.0716. The zero-order chi connectivity index (χ0) is 22.0. The summed E-state index contributed by atoms with van der Waals surface area (Å²) in [5.74, 6) is -1.28. The summed E-state index contributed by atoms with van der Waals surface area (Å²) in [5.41, 5.74) is 4.47. The number of methoxy groups -OCH3 is 2. The van der Waals surface area contributed by atoms with E-state index in [4.69, 9.17) is 14.5 Å². The van der Waals surface area contributed by atoms with Gasteiger partial charge in [-0.2, -0.15) is 0 Å². The summed E-state index contributed by atoms with van der Waals surface area (Å²) < 4.78 is 11.8. The predicted molar refractivity (Wildman–Crippen MR) is 117 cm³/mol. The van der Waals surface area contributed by atoms with Crippen molar-refractivity contribution in [3.8, 4) is 11.3 Å². The third-order valence-electron chi connectivity index (χ3n) is 4.99. The molecule has 156 valence electrons. The van der Waals surface area contributed by atoms with E-state index in [-0.39, 0.29) is 11.3 Å². The van der Waals surface area contributed by atoms with Crippen molar-refractivity contribution in [2.24, 2.45) is 0 Å². The summed E-state index contributed by atoms with van der Waals surface area (Å²) >= 11 is 0. The lowest BCUT2D eigenvalue weighted by Gasteiger charge is -2.23. The molecule has 1 aliphatic rings. The van der Waals surface area contributed by atoms with Crippen LogP contribution in [-0.2, 0) is 19.1 Å². The van der Waals surface area contributed by atoms with Crippen LogP contribution >= 0.6 is 0 Å². The molecular formula is C24H21N3O4. The number of benzene rings is 1. The molecule has 0 radical (unpaired) electrons. The van der Waals surface area contributed by atoms with Crippen molar-refractivity contribution in [3.63, 3.8) is 0 Å². The summed E-state index contributed by atoms with van der Waals surface area (Å²) in [6, 6.07) is 11.6. The molecule has 2 aromatic heterocycles. The molecule has 0 aliphatic carbocycles. The van der Waals surface area contributed by atoms with Gasteiger partial charge in [0.25, 0.3) is 0 Å². The summed E-state index contributed by atoms with van der Waals surface area (Å²) in [6.45, 7) is 2.01.